The van der Waals surface area contributed by atoms with E-state index in [0.29, 0.717) is 25.9 Å². The summed E-state index contributed by atoms with van der Waals surface area (Å²) in [5.74, 6) is -0.00795. The summed E-state index contributed by atoms with van der Waals surface area (Å²) in [4.78, 5) is 29.1. The first-order chi connectivity index (χ1) is 14.7. The molecule has 1 aliphatic heterocycles. The van der Waals surface area contributed by atoms with Crippen LogP contribution in [0.4, 0.5) is 5.69 Å². The molecule has 1 saturated heterocycles. The van der Waals surface area contributed by atoms with Crippen LogP contribution >= 0.6 is 11.3 Å². The summed E-state index contributed by atoms with van der Waals surface area (Å²) < 4.78 is 0. The molecule has 1 fully saturated rings. The van der Waals surface area contributed by atoms with E-state index in [4.69, 9.17) is 0 Å². The molecule has 30 heavy (non-hydrogen) atoms. The summed E-state index contributed by atoms with van der Waals surface area (Å²) in [7, 11) is 0. The second-order valence-corrected chi connectivity index (χ2v) is 8.47. The lowest BCUT2D eigenvalue weighted by molar-refractivity contribution is -0.130. The van der Waals surface area contributed by atoms with E-state index < -0.39 is 0 Å². The highest BCUT2D eigenvalue weighted by Gasteiger charge is 2.26. The molecule has 0 aliphatic carbocycles. The van der Waals surface area contributed by atoms with Crippen molar-refractivity contribution in [1.29, 1.82) is 0 Å². The number of nitrogens with zero attached hydrogens (tertiary/aromatic N) is 1. The zero-order valence-electron chi connectivity index (χ0n) is 16.7. The van der Waals surface area contributed by atoms with Crippen LogP contribution in [0.25, 0.3) is 16.5 Å². The molecule has 1 N–H and O–H groups in total. The summed E-state index contributed by atoms with van der Waals surface area (Å²) in [6.45, 7) is 1.21. The molecule has 0 unspecified atom stereocenters. The number of carbonyl (C=O) groups is 2. The fourth-order valence-corrected chi connectivity index (χ4v) is 4.50. The van der Waals surface area contributed by atoms with Gasteiger partial charge in [0, 0.05) is 40.5 Å². The highest BCUT2D eigenvalue weighted by atomic mass is 32.1. The van der Waals surface area contributed by atoms with Crippen molar-refractivity contribution in [3.63, 3.8) is 0 Å². The van der Waals surface area contributed by atoms with Gasteiger partial charge in [-0.2, -0.15) is 0 Å². The zero-order chi connectivity index (χ0) is 20.8. The maximum Gasteiger partial charge on any atom is 0.246 e. The van der Waals surface area contributed by atoms with Gasteiger partial charge in [-0.25, -0.2) is 0 Å². The van der Waals surface area contributed by atoms with Crippen molar-refractivity contribution in [3.05, 3.63) is 83.7 Å². The number of nitrogens with one attached hydrogen (secondary N) is 1. The van der Waals surface area contributed by atoms with Gasteiger partial charge in [-0.15, -0.1) is 11.3 Å². The third-order valence-corrected chi connectivity index (χ3v) is 6.39. The topological polar surface area (TPSA) is 49.4 Å². The van der Waals surface area contributed by atoms with E-state index in [1.165, 1.54) is 10.4 Å². The van der Waals surface area contributed by atoms with Crippen molar-refractivity contribution in [2.24, 2.45) is 5.92 Å². The van der Waals surface area contributed by atoms with Gasteiger partial charge in [0.2, 0.25) is 11.8 Å². The number of benzene rings is 2. The Balaban J connectivity index is 1.28. The number of piperidine rings is 1. The molecule has 152 valence electrons. The Hall–Kier alpha value is -3.18. The number of thiophene rings is 1. The summed E-state index contributed by atoms with van der Waals surface area (Å²) >= 11 is 1.67. The van der Waals surface area contributed by atoms with Crippen LogP contribution in [0.1, 0.15) is 17.7 Å². The lowest BCUT2D eigenvalue weighted by atomic mass is 9.95. The molecule has 0 bridgehead atoms. The largest absolute Gasteiger partial charge is 0.339 e. The Bertz CT molecular complexity index is 1020. The smallest absolute Gasteiger partial charge is 0.246 e. The summed E-state index contributed by atoms with van der Waals surface area (Å²) in [6.07, 6.45) is 4.91. The maximum absolute atomic E-state index is 12.6. The van der Waals surface area contributed by atoms with Gasteiger partial charge < -0.3 is 10.2 Å². The van der Waals surface area contributed by atoms with Gasteiger partial charge >= 0.3 is 0 Å². The van der Waals surface area contributed by atoms with E-state index >= 15 is 0 Å². The molecule has 2 amide bonds. The molecule has 0 radical (unpaired) electrons. The van der Waals surface area contributed by atoms with E-state index in [-0.39, 0.29) is 17.7 Å². The van der Waals surface area contributed by atoms with Crippen LogP contribution in [0.3, 0.4) is 0 Å². The van der Waals surface area contributed by atoms with E-state index in [9.17, 15) is 9.59 Å². The highest BCUT2D eigenvalue weighted by Crippen LogP contribution is 2.28. The number of likely N-dealkylation sites (tertiary alicyclic amines) is 1. The molecule has 4 nitrogen and oxygen atoms in total. The minimum absolute atomic E-state index is 0.00609. The van der Waals surface area contributed by atoms with Crippen molar-refractivity contribution < 1.29 is 9.59 Å². The van der Waals surface area contributed by atoms with Crippen LogP contribution in [-0.2, 0) is 9.59 Å². The van der Waals surface area contributed by atoms with Gasteiger partial charge in [0.15, 0.2) is 0 Å². The highest BCUT2D eigenvalue weighted by molar-refractivity contribution is 7.16. The third-order valence-electron chi connectivity index (χ3n) is 5.29. The lowest BCUT2D eigenvalue weighted by Gasteiger charge is -2.30. The number of hydrogen-bond acceptors (Lipinski definition) is 3. The van der Waals surface area contributed by atoms with Crippen LogP contribution in [-0.4, -0.2) is 29.8 Å². The maximum atomic E-state index is 12.6. The van der Waals surface area contributed by atoms with Crippen molar-refractivity contribution in [1.82, 2.24) is 4.90 Å². The van der Waals surface area contributed by atoms with Crippen LogP contribution in [0.15, 0.2) is 78.9 Å². The van der Waals surface area contributed by atoms with Crippen molar-refractivity contribution >= 4 is 34.9 Å². The summed E-state index contributed by atoms with van der Waals surface area (Å²) in [6, 6.07) is 23.8. The Labute approximate surface area is 180 Å². The number of carbonyl (C=O) groups excluding carboxylic acids is 2. The normalized spacial score (nSPS) is 14.7. The van der Waals surface area contributed by atoms with Gasteiger partial charge in [0.25, 0.3) is 0 Å². The summed E-state index contributed by atoms with van der Waals surface area (Å²) in [5.41, 5.74) is 2.00. The molecule has 2 heterocycles. The average Bonchev–Trinajstić information content (AvgIpc) is 3.28. The van der Waals surface area contributed by atoms with Crippen molar-refractivity contribution in [2.45, 2.75) is 12.8 Å². The molecular formula is C25H24N2O2S. The van der Waals surface area contributed by atoms with E-state index in [1.807, 2.05) is 65.6 Å². The second kappa shape index (κ2) is 9.55. The van der Waals surface area contributed by atoms with Gasteiger partial charge in [-0.3, -0.25) is 9.59 Å². The first kappa shape index (κ1) is 20.1. The zero-order valence-corrected chi connectivity index (χ0v) is 17.5. The number of anilines is 1. The predicted molar refractivity (Wildman–Crippen MR) is 123 cm³/mol. The molecule has 0 saturated carbocycles. The quantitative estimate of drug-likeness (QED) is 0.574. The number of hydrogen-bond donors (Lipinski definition) is 1. The number of para-hydroxylation sites is 1. The molecule has 4 rings (SSSR count). The molecule has 5 heteroatoms. The first-order valence-electron chi connectivity index (χ1n) is 10.2. The minimum Gasteiger partial charge on any atom is -0.339 e. The van der Waals surface area contributed by atoms with E-state index in [2.05, 4.69) is 23.5 Å². The monoisotopic (exact) mass is 416 g/mol. The van der Waals surface area contributed by atoms with Crippen LogP contribution in [0.5, 0.6) is 0 Å². The lowest BCUT2D eigenvalue weighted by Crippen LogP contribution is -2.40. The fourth-order valence-electron chi connectivity index (χ4n) is 3.59. The Morgan fingerprint density at radius 2 is 1.57 bits per heavy atom. The molecule has 3 aromatic rings. The molecule has 1 aromatic heterocycles. The molecular weight excluding hydrogens is 392 g/mol. The van der Waals surface area contributed by atoms with E-state index in [0.717, 1.165) is 10.6 Å². The first-order valence-corrected chi connectivity index (χ1v) is 11.0. The van der Waals surface area contributed by atoms with Gasteiger partial charge in [0.1, 0.15) is 0 Å². The van der Waals surface area contributed by atoms with Crippen LogP contribution < -0.4 is 5.32 Å². The average molecular weight is 417 g/mol. The van der Waals surface area contributed by atoms with Crippen LogP contribution in [0.2, 0.25) is 0 Å². The molecule has 1 aliphatic rings. The van der Waals surface area contributed by atoms with Crippen LogP contribution in [0, 0.1) is 5.92 Å². The number of amides is 2. The predicted octanol–water partition coefficient (Wildman–Crippen LogP) is 5.31. The third kappa shape index (κ3) is 5.05. The molecule has 0 atom stereocenters. The molecule has 0 spiro atoms. The number of rotatable bonds is 5. The van der Waals surface area contributed by atoms with Gasteiger partial charge in [0.05, 0.1) is 0 Å². The van der Waals surface area contributed by atoms with Gasteiger partial charge in [-0.05, 0) is 48.7 Å². The van der Waals surface area contributed by atoms with Crippen molar-refractivity contribution in [3.8, 4) is 10.4 Å². The standard InChI is InChI=1S/C25H24N2O2S/c28-24(14-12-22-11-13-23(30-22)19-7-3-1-4-8-19)27-17-15-20(16-18-27)25(29)26-21-9-5-2-6-10-21/h1-14,20H,15-18H2,(H,26,29)/b14-12+. The fraction of sp³-hybridized carbons (Fsp3) is 0.200. The minimum atomic E-state index is -0.0519. The second-order valence-electron chi connectivity index (χ2n) is 7.36. The SMILES string of the molecule is O=C(Nc1ccccc1)C1CCN(C(=O)/C=C/c2ccc(-c3ccccc3)s2)CC1. The molecule has 2 aromatic carbocycles. The van der Waals surface area contributed by atoms with Crippen molar-refractivity contribution in [2.75, 3.05) is 18.4 Å². The Morgan fingerprint density at radius 1 is 0.900 bits per heavy atom. The van der Waals surface area contributed by atoms with Gasteiger partial charge in [-0.1, -0.05) is 48.5 Å². The van der Waals surface area contributed by atoms with E-state index in [1.54, 1.807) is 17.4 Å². The summed E-state index contributed by atoms with van der Waals surface area (Å²) in [5, 5.41) is 2.96. The Morgan fingerprint density at radius 3 is 2.27 bits per heavy atom. The Kier molecular flexibility index (Phi) is 6.40.